The molecule has 17 heavy (non-hydrogen) atoms. The zero-order valence-corrected chi connectivity index (χ0v) is 10.4. The molecule has 0 spiro atoms. The minimum atomic E-state index is 0.388. The van der Waals surface area contributed by atoms with Crippen LogP contribution in [0, 0.1) is 6.92 Å². The van der Waals surface area contributed by atoms with Gasteiger partial charge in [0.05, 0.1) is 5.02 Å². The van der Waals surface area contributed by atoms with Crippen molar-refractivity contribution in [2.45, 2.75) is 6.92 Å². The number of benzene rings is 1. The number of hydrogen-bond donors (Lipinski definition) is 1. The van der Waals surface area contributed by atoms with E-state index < -0.39 is 0 Å². The number of aromatic nitrogens is 1. The van der Waals surface area contributed by atoms with Crippen molar-refractivity contribution in [3.05, 3.63) is 35.0 Å². The largest absolute Gasteiger partial charge is 0.472 e. The summed E-state index contributed by atoms with van der Waals surface area (Å²) >= 11 is 6.12. The van der Waals surface area contributed by atoms with Gasteiger partial charge in [0.15, 0.2) is 17.2 Å². The molecule has 4 nitrogen and oxygen atoms in total. The van der Waals surface area contributed by atoms with Crippen molar-refractivity contribution in [2.75, 3.05) is 13.8 Å². The van der Waals surface area contributed by atoms with E-state index in [2.05, 4.69) is 10.5 Å². The van der Waals surface area contributed by atoms with Crippen LogP contribution in [0.1, 0.15) is 5.76 Å². The molecule has 0 aliphatic carbocycles. The Balaban J connectivity index is 2.42. The van der Waals surface area contributed by atoms with E-state index in [-0.39, 0.29) is 0 Å². The van der Waals surface area contributed by atoms with Crippen LogP contribution in [0.25, 0.3) is 11.3 Å². The number of aryl methyl sites for hydroxylation is 1. The van der Waals surface area contributed by atoms with Crippen LogP contribution in [-0.2, 0) is 0 Å². The predicted octanol–water partition coefficient (Wildman–Crippen LogP) is 2.86. The molecule has 0 saturated carbocycles. The predicted molar refractivity (Wildman–Crippen MR) is 66.2 cm³/mol. The van der Waals surface area contributed by atoms with Gasteiger partial charge in [-0.2, -0.15) is 0 Å². The van der Waals surface area contributed by atoms with E-state index in [1.165, 1.54) is 0 Å². The maximum Gasteiger partial charge on any atom is 0.191 e. The lowest BCUT2D eigenvalue weighted by molar-refractivity contribution is 0.287. The average molecular weight is 253 g/mol. The minimum absolute atomic E-state index is 0.388. The summed E-state index contributed by atoms with van der Waals surface area (Å²) in [6, 6.07) is 7.45. The molecule has 0 atom stereocenters. The maximum atomic E-state index is 6.12. The lowest BCUT2D eigenvalue weighted by Gasteiger charge is -2.06. The Morgan fingerprint density at radius 1 is 1.41 bits per heavy atom. The number of hydrogen-bond acceptors (Lipinski definition) is 4. The molecule has 1 N–H and O–H groups in total. The summed E-state index contributed by atoms with van der Waals surface area (Å²) in [5.41, 5.74) is 1.43. The van der Waals surface area contributed by atoms with Crippen molar-refractivity contribution in [1.82, 2.24) is 10.5 Å². The van der Waals surface area contributed by atoms with E-state index in [4.69, 9.17) is 20.9 Å². The first kappa shape index (κ1) is 12.0. The molecule has 0 radical (unpaired) electrons. The van der Waals surface area contributed by atoms with Gasteiger partial charge in [0.25, 0.3) is 0 Å². The van der Waals surface area contributed by atoms with E-state index in [0.717, 1.165) is 5.56 Å². The molecule has 2 rings (SSSR count). The number of nitrogens with zero attached hydrogens (tertiary/aromatic N) is 1. The fourth-order valence-corrected chi connectivity index (χ4v) is 1.73. The van der Waals surface area contributed by atoms with Gasteiger partial charge >= 0.3 is 0 Å². The molecule has 2 aromatic rings. The van der Waals surface area contributed by atoms with Crippen molar-refractivity contribution in [3.8, 4) is 17.0 Å². The number of nitrogens with one attached hydrogen (secondary N) is 1. The number of ether oxygens (including phenoxy) is 1. The molecule has 1 heterocycles. The molecule has 1 aromatic heterocycles. The smallest absolute Gasteiger partial charge is 0.191 e. The van der Waals surface area contributed by atoms with Crippen LogP contribution < -0.4 is 10.1 Å². The summed E-state index contributed by atoms with van der Waals surface area (Å²) in [4.78, 5) is 0. The Morgan fingerprint density at radius 2 is 2.18 bits per heavy atom. The monoisotopic (exact) mass is 252 g/mol. The lowest BCUT2D eigenvalue weighted by Crippen LogP contribution is -2.14. The Hall–Kier alpha value is -1.52. The van der Waals surface area contributed by atoms with Crippen molar-refractivity contribution >= 4 is 11.6 Å². The SMILES string of the molecule is CNCOc1c(-c2ccccc2Cl)noc1C. The highest BCUT2D eigenvalue weighted by Gasteiger charge is 2.17. The summed E-state index contributed by atoms with van der Waals surface area (Å²) in [6.07, 6.45) is 0. The van der Waals surface area contributed by atoms with Crippen LogP contribution in [0.2, 0.25) is 5.02 Å². The van der Waals surface area contributed by atoms with Crippen LogP contribution in [0.3, 0.4) is 0 Å². The molecule has 0 fully saturated rings. The van der Waals surface area contributed by atoms with Gasteiger partial charge in [0.1, 0.15) is 6.73 Å². The molecule has 0 amide bonds. The fraction of sp³-hybridized carbons (Fsp3) is 0.250. The van der Waals surface area contributed by atoms with Gasteiger partial charge in [-0.05, 0) is 13.1 Å². The van der Waals surface area contributed by atoms with Gasteiger partial charge in [-0.15, -0.1) is 0 Å². The summed E-state index contributed by atoms with van der Waals surface area (Å²) in [5, 5.41) is 7.51. The standard InChI is InChI=1S/C12H13ClN2O2/c1-8-12(16-7-14-2)11(15-17-8)9-5-3-4-6-10(9)13/h3-6,14H,7H2,1-2H3. The topological polar surface area (TPSA) is 47.3 Å². The molecule has 0 saturated heterocycles. The second-order valence-corrected chi connectivity index (χ2v) is 3.95. The minimum Gasteiger partial charge on any atom is -0.472 e. The van der Waals surface area contributed by atoms with Crippen LogP contribution in [0.15, 0.2) is 28.8 Å². The highest BCUT2D eigenvalue weighted by atomic mass is 35.5. The van der Waals surface area contributed by atoms with E-state index in [1.807, 2.05) is 24.3 Å². The molecule has 0 unspecified atom stereocenters. The van der Waals surface area contributed by atoms with Crippen LogP contribution in [0.4, 0.5) is 0 Å². The highest BCUT2D eigenvalue weighted by Crippen LogP contribution is 2.35. The third-order valence-corrected chi connectivity index (χ3v) is 2.63. The Labute approximate surface area is 105 Å². The number of halogens is 1. The molecule has 0 bridgehead atoms. The van der Waals surface area contributed by atoms with Crippen molar-refractivity contribution in [2.24, 2.45) is 0 Å². The van der Waals surface area contributed by atoms with Crippen LogP contribution >= 0.6 is 11.6 Å². The van der Waals surface area contributed by atoms with E-state index in [1.54, 1.807) is 14.0 Å². The molecular formula is C12H13ClN2O2. The van der Waals surface area contributed by atoms with Gasteiger partial charge in [-0.1, -0.05) is 35.0 Å². The van der Waals surface area contributed by atoms with E-state index >= 15 is 0 Å². The summed E-state index contributed by atoms with van der Waals surface area (Å²) in [7, 11) is 1.80. The zero-order valence-electron chi connectivity index (χ0n) is 9.66. The summed E-state index contributed by atoms with van der Waals surface area (Å²) < 4.78 is 10.7. The van der Waals surface area contributed by atoms with Gasteiger partial charge in [0, 0.05) is 12.5 Å². The third-order valence-electron chi connectivity index (χ3n) is 2.30. The Kier molecular flexibility index (Phi) is 3.66. The molecule has 90 valence electrons. The van der Waals surface area contributed by atoms with Crippen molar-refractivity contribution in [3.63, 3.8) is 0 Å². The van der Waals surface area contributed by atoms with Crippen molar-refractivity contribution < 1.29 is 9.26 Å². The highest BCUT2D eigenvalue weighted by molar-refractivity contribution is 6.33. The summed E-state index contributed by atoms with van der Waals surface area (Å²) in [6.45, 7) is 2.19. The Morgan fingerprint density at radius 3 is 2.88 bits per heavy atom. The van der Waals surface area contributed by atoms with Crippen LogP contribution in [0.5, 0.6) is 5.75 Å². The molecule has 0 aliphatic rings. The first-order valence-electron chi connectivity index (χ1n) is 5.22. The third kappa shape index (κ3) is 2.43. The molecular weight excluding hydrogens is 240 g/mol. The van der Waals surface area contributed by atoms with Crippen LogP contribution in [-0.4, -0.2) is 18.9 Å². The molecule has 1 aromatic carbocycles. The lowest BCUT2D eigenvalue weighted by atomic mass is 10.1. The first-order valence-corrected chi connectivity index (χ1v) is 5.60. The first-order chi connectivity index (χ1) is 8.24. The van der Waals surface area contributed by atoms with Gasteiger partial charge in [0.2, 0.25) is 0 Å². The second kappa shape index (κ2) is 5.21. The van der Waals surface area contributed by atoms with Gasteiger partial charge in [-0.3, -0.25) is 5.32 Å². The molecule has 0 aliphatic heterocycles. The average Bonchev–Trinajstić information content (AvgIpc) is 2.69. The normalized spacial score (nSPS) is 10.5. The number of rotatable bonds is 4. The second-order valence-electron chi connectivity index (χ2n) is 3.54. The zero-order chi connectivity index (χ0) is 12.3. The van der Waals surface area contributed by atoms with Gasteiger partial charge < -0.3 is 9.26 Å². The van der Waals surface area contributed by atoms with E-state index in [0.29, 0.717) is 29.0 Å². The van der Waals surface area contributed by atoms with E-state index in [9.17, 15) is 0 Å². The Bertz CT molecular complexity index is 511. The quantitative estimate of drug-likeness (QED) is 0.850. The molecule has 5 heteroatoms. The maximum absolute atomic E-state index is 6.12. The van der Waals surface area contributed by atoms with Gasteiger partial charge in [-0.25, -0.2) is 0 Å². The fourth-order valence-electron chi connectivity index (χ4n) is 1.50. The summed E-state index contributed by atoms with van der Waals surface area (Å²) in [5.74, 6) is 1.25. The van der Waals surface area contributed by atoms with Crippen molar-refractivity contribution in [1.29, 1.82) is 0 Å².